The van der Waals surface area contributed by atoms with Crippen LogP contribution in [0.4, 0.5) is 0 Å². The lowest BCUT2D eigenvalue weighted by Gasteiger charge is -2.17. The molecule has 1 fully saturated rings. The summed E-state index contributed by atoms with van der Waals surface area (Å²) in [5.74, 6) is 1.20. The number of ether oxygens (including phenoxy) is 3. The minimum atomic E-state index is -3.63. The maximum absolute atomic E-state index is 12.8. The average Bonchev–Trinajstić information content (AvgIpc) is 3.43. The van der Waals surface area contributed by atoms with Gasteiger partial charge in [0.05, 0.1) is 17.6 Å². The molecule has 8 nitrogen and oxygen atoms in total. The highest BCUT2D eigenvalue weighted by Crippen LogP contribution is 2.32. The summed E-state index contributed by atoms with van der Waals surface area (Å²) < 4.78 is 43.0. The van der Waals surface area contributed by atoms with Crippen LogP contribution >= 0.6 is 0 Å². The first-order chi connectivity index (χ1) is 14.0. The lowest BCUT2D eigenvalue weighted by atomic mass is 10.1. The third-order valence-electron chi connectivity index (χ3n) is 5.01. The molecule has 0 radical (unpaired) electrons. The summed E-state index contributed by atoms with van der Waals surface area (Å²) in [7, 11) is -2.18. The normalized spacial score (nSPS) is 16.0. The molecule has 0 unspecified atom stereocenters. The second-order valence-corrected chi connectivity index (χ2v) is 8.78. The van der Waals surface area contributed by atoms with Crippen molar-refractivity contribution in [3.05, 3.63) is 47.5 Å². The van der Waals surface area contributed by atoms with E-state index in [4.69, 9.17) is 14.2 Å². The van der Waals surface area contributed by atoms with Crippen molar-refractivity contribution in [3.8, 4) is 17.2 Å². The highest BCUT2D eigenvalue weighted by Gasteiger charge is 2.28. The lowest BCUT2D eigenvalue weighted by molar-refractivity contribution is 0.0947. The second-order valence-electron chi connectivity index (χ2n) is 6.84. The Kier molecular flexibility index (Phi) is 5.33. The maximum atomic E-state index is 12.8. The Hall–Kier alpha value is -2.78. The van der Waals surface area contributed by atoms with E-state index in [0.717, 1.165) is 18.4 Å². The van der Waals surface area contributed by atoms with Crippen molar-refractivity contribution in [2.75, 3.05) is 27.0 Å². The molecule has 154 valence electrons. The van der Waals surface area contributed by atoms with Crippen LogP contribution in [0.25, 0.3) is 0 Å². The van der Waals surface area contributed by atoms with Gasteiger partial charge in [0, 0.05) is 19.6 Å². The van der Waals surface area contributed by atoms with E-state index in [-0.39, 0.29) is 23.8 Å². The molecular weight excluding hydrogens is 396 g/mol. The summed E-state index contributed by atoms with van der Waals surface area (Å²) in [5, 5.41) is 2.81. The molecule has 2 aliphatic heterocycles. The van der Waals surface area contributed by atoms with Gasteiger partial charge >= 0.3 is 0 Å². The lowest BCUT2D eigenvalue weighted by Crippen LogP contribution is -2.28. The smallest absolute Gasteiger partial charge is 0.255 e. The predicted molar refractivity (Wildman–Crippen MR) is 105 cm³/mol. The van der Waals surface area contributed by atoms with E-state index in [1.807, 2.05) is 6.07 Å². The van der Waals surface area contributed by atoms with E-state index in [0.29, 0.717) is 30.3 Å². The Labute approximate surface area is 169 Å². The molecule has 0 aromatic heterocycles. The van der Waals surface area contributed by atoms with Crippen LogP contribution in [0.5, 0.6) is 17.2 Å². The van der Waals surface area contributed by atoms with Crippen molar-refractivity contribution < 1.29 is 27.4 Å². The van der Waals surface area contributed by atoms with Gasteiger partial charge in [-0.1, -0.05) is 6.07 Å². The number of benzene rings is 2. The second kappa shape index (κ2) is 7.92. The van der Waals surface area contributed by atoms with Crippen molar-refractivity contribution in [1.29, 1.82) is 0 Å². The molecule has 1 N–H and O–H groups in total. The Morgan fingerprint density at radius 1 is 1.10 bits per heavy atom. The highest BCUT2D eigenvalue weighted by atomic mass is 32.2. The molecule has 9 heteroatoms. The molecule has 29 heavy (non-hydrogen) atoms. The maximum Gasteiger partial charge on any atom is 0.255 e. The fourth-order valence-electron chi connectivity index (χ4n) is 3.43. The van der Waals surface area contributed by atoms with E-state index >= 15 is 0 Å². The Balaban J connectivity index is 1.54. The molecular formula is C20H22N2O6S. The van der Waals surface area contributed by atoms with Gasteiger partial charge in [0.25, 0.3) is 5.91 Å². The van der Waals surface area contributed by atoms with E-state index in [1.54, 1.807) is 12.1 Å². The highest BCUT2D eigenvalue weighted by molar-refractivity contribution is 7.89. The zero-order valence-electron chi connectivity index (χ0n) is 16.0. The van der Waals surface area contributed by atoms with Gasteiger partial charge in [0.15, 0.2) is 11.5 Å². The zero-order chi connectivity index (χ0) is 20.4. The minimum absolute atomic E-state index is 0.0911. The van der Waals surface area contributed by atoms with Gasteiger partial charge in [-0.25, -0.2) is 8.42 Å². The largest absolute Gasteiger partial charge is 0.496 e. The first-order valence-electron chi connectivity index (χ1n) is 9.34. The number of hydrogen-bond donors (Lipinski definition) is 1. The molecule has 0 bridgehead atoms. The first-order valence-corrected chi connectivity index (χ1v) is 10.8. The molecule has 0 atom stereocenters. The quantitative estimate of drug-likeness (QED) is 0.773. The summed E-state index contributed by atoms with van der Waals surface area (Å²) in [6.45, 7) is 1.43. The van der Waals surface area contributed by atoms with Crippen LogP contribution < -0.4 is 19.5 Å². The van der Waals surface area contributed by atoms with E-state index < -0.39 is 15.9 Å². The van der Waals surface area contributed by atoms with Crippen LogP contribution in [0.15, 0.2) is 41.3 Å². The SMILES string of the molecule is COc1ccc(S(=O)(=O)N2CCCC2)cc1C(=O)NCc1ccc2c(c1)OCO2. The molecule has 1 saturated heterocycles. The summed E-state index contributed by atoms with van der Waals surface area (Å²) in [5.41, 5.74) is 1.01. The Morgan fingerprint density at radius 2 is 1.86 bits per heavy atom. The van der Waals surface area contributed by atoms with Crippen LogP contribution in [0.1, 0.15) is 28.8 Å². The first kappa shape index (κ1) is 19.5. The van der Waals surface area contributed by atoms with Crippen LogP contribution in [-0.2, 0) is 16.6 Å². The number of nitrogens with one attached hydrogen (secondary N) is 1. The number of amides is 1. The summed E-state index contributed by atoms with van der Waals surface area (Å²) in [6, 6.07) is 9.78. The number of rotatable bonds is 6. The van der Waals surface area contributed by atoms with Gasteiger partial charge in [-0.05, 0) is 48.7 Å². The van der Waals surface area contributed by atoms with E-state index in [2.05, 4.69) is 5.32 Å². The minimum Gasteiger partial charge on any atom is -0.496 e. The number of nitrogens with zero attached hydrogens (tertiary/aromatic N) is 1. The third kappa shape index (κ3) is 3.88. The van der Waals surface area contributed by atoms with E-state index in [9.17, 15) is 13.2 Å². The van der Waals surface area contributed by atoms with Crippen molar-refractivity contribution in [3.63, 3.8) is 0 Å². The van der Waals surface area contributed by atoms with Gasteiger partial charge in [-0.15, -0.1) is 0 Å². The zero-order valence-corrected chi connectivity index (χ0v) is 16.8. The summed E-state index contributed by atoms with van der Waals surface area (Å²) >= 11 is 0. The van der Waals surface area contributed by atoms with Crippen molar-refractivity contribution in [2.24, 2.45) is 0 Å². The molecule has 2 aromatic carbocycles. The van der Waals surface area contributed by atoms with Crippen molar-refractivity contribution >= 4 is 15.9 Å². The Bertz CT molecular complexity index is 1030. The third-order valence-corrected chi connectivity index (χ3v) is 6.90. The average molecular weight is 418 g/mol. The molecule has 4 rings (SSSR count). The van der Waals surface area contributed by atoms with Gasteiger partial charge in [0.1, 0.15) is 5.75 Å². The van der Waals surface area contributed by atoms with Crippen molar-refractivity contribution in [1.82, 2.24) is 9.62 Å². The van der Waals surface area contributed by atoms with Gasteiger partial charge in [0.2, 0.25) is 16.8 Å². The number of hydrogen-bond acceptors (Lipinski definition) is 6. The number of fused-ring (bicyclic) bond motifs is 1. The monoisotopic (exact) mass is 418 g/mol. The molecule has 0 spiro atoms. The fourth-order valence-corrected chi connectivity index (χ4v) is 4.97. The van der Waals surface area contributed by atoms with Gasteiger partial charge in [-0.3, -0.25) is 4.79 Å². The molecule has 1 amide bonds. The van der Waals surface area contributed by atoms with E-state index in [1.165, 1.54) is 29.6 Å². The number of methoxy groups -OCH3 is 1. The molecule has 2 aromatic rings. The number of carbonyl (C=O) groups is 1. The topological polar surface area (TPSA) is 94.2 Å². The van der Waals surface area contributed by atoms with Crippen LogP contribution in [0.2, 0.25) is 0 Å². The van der Waals surface area contributed by atoms with Gasteiger partial charge < -0.3 is 19.5 Å². The predicted octanol–water partition coefficient (Wildman–Crippen LogP) is 2.14. The Morgan fingerprint density at radius 3 is 2.62 bits per heavy atom. The van der Waals surface area contributed by atoms with Crippen LogP contribution in [0.3, 0.4) is 0 Å². The molecule has 2 aliphatic rings. The standard InChI is InChI=1S/C20H22N2O6S/c1-26-17-7-5-15(29(24,25)22-8-2-3-9-22)11-16(17)20(23)21-12-14-4-6-18-19(10-14)28-13-27-18/h4-7,10-11H,2-3,8-9,12-13H2,1H3,(H,21,23). The molecule has 2 heterocycles. The molecule has 0 saturated carbocycles. The number of sulfonamides is 1. The molecule has 0 aliphatic carbocycles. The van der Waals surface area contributed by atoms with Crippen LogP contribution in [-0.4, -0.2) is 45.6 Å². The summed E-state index contributed by atoms with van der Waals surface area (Å²) in [6.07, 6.45) is 1.69. The fraction of sp³-hybridized carbons (Fsp3) is 0.350. The van der Waals surface area contributed by atoms with Gasteiger partial charge in [-0.2, -0.15) is 4.31 Å². The summed E-state index contributed by atoms with van der Waals surface area (Å²) in [4.78, 5) is 12.9. The van der Waals surface area contributed by atoms with Crippen LogP contribution in [0, 0.1) is 0 Å². The van der Waals surface area contributed by atoms with Crippen molar-refractivity contribution in [2.45, 2.75) is 24.3 Å². The number of carbonyl (C=O) groups excluding carboxylic acids is 1.